The maximum absolute atomic E-state index is 12.5. The highest BCUT2D eigenvalue weighted by atomic mass is 32.2. The molecular formula is C17H23N3O3S. The standard InChI is InChI=1S/C17H23N3O3S/c1-11(14-10-13(22-4)6-7-15(14)23-5)19-16(21)12(2)24-17-18-8-9-20(17)3/h6-12H,1-5H3,(H,19,21)/t11-,12-/m0/s1. The van der Waals surface area contributed by atoms with Crippen molar-refractivity contribution in [2.24, 2.45) is 7.05 Å². The Hall–Kier alpha value is -2.15. The smallest absolute Gasteiger partial charge is 0.233 e. The van der Waals surface area contributed by atoms with Gasteiger partial charge in [0.2, 0.25) is 5.91 Å². The fourth-order valence-corrected chi connectivity index (χ4v) is 3.10. The Morgan fingerprint density at radius 2 is 2.04 bits per heavy atom. The molecule has 0 bridgehead atoms. The molecule has 0 aliphatic heterocycles. The number of hydrogen-bond donors (Lipinski definition) is 1. The number of aromatic nitrogens is 2. The number of aryl methyl sites for hydroxylation is 1. The molecule has 1 aromatic heterocycles. The van der Waals surface area contributed by atoms with Crippen molar-refractivity contribution in [1.82, 2.24) is 14.9 Å². The molecule has 2 atom stereocenters. The second kappa shape index (κ2) is 8.10. The number of nitrogens with one attached hydrogen (secondary N) is 1. The van der Waals surface area contributed by atoms with E-state index in [4.69, 9.17) is 9.47 Å². The summed E-state index contributed by atoms with van der Waals surface area (Å²) in [7, 11) is 5.13. The summed E-state index contributed by atoms with van der Waals surface area (Å²) in [5.41, 5.74) is 0.874. The highest BCUT2D eigenvalue weighted by Crippen LogP contribution is 2.30. The van der Waals surface area contributed by atoms with E-state index >= 15 is 0 Å². The molecule has 2 rings (SSSR count). The van der Waals surface area contributed by atoms with Crippen molar-refractivity contribution in [2.45, 2.75) is 30.3 Å². The molecule has 24 heavy (non-hydrogen) atoms. The number of nitrogens with zero attached hydrogens (tertiary/aromatic N) is 2. The summed E-state index contributed by atoms with van der Waals surface area (Å²) in [4.78, 5) is 16.7. The molecule has 0 saturated heterocycles. The van der Waals surface area contributed by atoms with Crippen LogP contribution in [0.25, 0.3) is 0 Å². The lowest BCUT2D eigenvalue weighted by atomic mass is 10.1. The zero-order valence-electron chi connectivity index (χ0n) is 14.6. The quantitative estimate of drug-likeness (QED) is 0.779. The van der Waals surface area contributed by atoms with E-state index in [0.717, 1.165) is 16.5 Å². The molecule has 1 N–H and O–H groups in total. The van der Waals surface area contributed by atoms with Gasteiger partial charge in [0.15, 0.2) is 5.16 Å². The number of imidazole rings is 1. The van der Waals surface area contributed by atoms with Crippen molar-refractivity contribution in [1.29, 1.82) is 0 Å². The van der Waals surface area contributed by atoms with Gasteiger partial charge in [-0.25, -0.2) is 4.98 Å². The topological polar surface area (TPSA) is 65.4 Å². The molecule has 1 amide bonds. The lowest BCUT2D eigenvalue weighted by Gasteiger charge is -2.20. The summed E-state index contributed by atoms with van der Waals surface area (Å²) < 4.78 is 12.5. The van der Waals surface area contributed by atoms with E-state index in [9.17, 15) is 4.79 Å². The van der Waals surface area contributed by atoms with Crippen LogP contribution in [0.2, 0.25) is 0 Å². The van der Waals surface area contributed by atoms with E-state index < -0.39 is 0 Å². The van der Waals surface area contributed by atoms with Crippen molar-refractivity contribution >= 4 is 17.7 Å². The third-order valence-corrected chi connectivity index (χ3v) is 4.86. The number of amides is 1. The second-order valence-corrected chi connectivity index (χ2v) is 6.73. The minimum Gasteiger partial charge on any atom is -0.497 e. The van der Waals surface area contributed by atoms with Gasteiger partial charge in [0.05, 0.1) is 25.5 Å². The van der Waals surface area contributed by atoms with E-state index in [-0.39, 0.29) is 17.2 Å². The Balaban J connectivity index is 2.06. The minimum absolute atomic E-state index is 0.0552. The number of ether oxygens (including phenoxy) is 2. The maximum atomic E-state index is 12.5. The van der Waals surface area contributed by atoms with Gasteiger partial charge in [0.25, 0.3) is 0 Å². The second-order valence-electron chi connectivity index (χ2n) is 5.42. The highest BCUT2D eigenvalue weighted by molar-refractivity contribution is 8.00. The van der Waals surface area contributed by atoms with Gasteiger partial charge < -0.3 is 19.4 Å². The van der Waals surface area contributed by atoms with Crippen molar-refractivity contribution in [3.8, 4) is 11.5 Å². The molecule has 6 nitrogen and oxygen atoms in total. The molecular weight excluding hydrogens is 326 g/mol. The van der Waals surface area contributed by atoms with E-state index in [0.29, 0.717) is 5.75 Å². The van der Waals surface area contributed by atoms with E-state index in [1.165, 1.54) is 11.8 Å². The summed E-state index contributed by atoms with van der Waals surface area (Å²) in [5, 5.41) is 3.57. The third kappa shape index (κ3) is 4.23. The molecule has 7 heteroatoms. The molecule has 130 valence electrons. The van der Waals surface area contributed by atoms with E-state index in [1.54, 1.807) is 20.4 Å². The van der Waals surface area contributed by atoms with Crippen LogP contribution >= 0.6 is 11.8 Å². The van der Waals surface area contributed by atoms with Crippen molar-refractivity contribution in [3.05, 3.63) is 36.2 Å². The number of methoxy groups -OCH3 is 2. The van der Waals surface area contributed by atoms with Crippen molar-refractivity contribution in [2.75, 3.05) is 14.2 Å². The maximum Gasteiger partial charge on any atom is 0.233 e. The molecule has 0 fully saturated rings. The average molecular weight is 349 g/mol. The number of rotatable bonds is 7. The van der Waals surface area contributed by atoms with Crippen LogP contribution in [0.1, 0.15) is 25.5 Å². The SMILES string of the molecule is COc1ccc(OC)c([C@H](C)NC(=O)[C@H](C)Sc2nccn2C)c1. The number of benzene rings is 1. The van der Waals surface area contributed by atoms with Crippen LogP contribution < -0.4 is 14.8 Å². The number of thioether (sulfide) groups is 1. The molecule has 0 radical (unpaired) electrons. The van der Waals surface area contributed by atoms with Gasteiger partial charge in [-0.3, -0.25) is 4.79 Å². The lowest BCUT2D eigenvalue weighted by molar-refractivity contribution is -0.120. The summed E-state index contributed by atoms with van der Waals surface area (Å²) in [6, 6.07) is 5.34. The van der Waals surface area contributed by atoms with Gasteiger partial charge in [0.1, 0.15) is 11.5 Å². The number of hydrogen-bond acceptors (Lipinski definition) is 5. The van der Waals surface area contributed by atoms with E-state index in [2.05, 4.69) is 10.3 Å². The molecule has 2 aromatic rings. The first kappa shape index (κ1) is 18.2. The summed E-state index contributed by atoms with van der Waals surface area (Å²) in [5.74, 6) is 1.38. The van der Waals surface area contributed by atoms with Gasteiger partial charge in [-0.05, 0) is 32.0 Å². The minimum atomic E-state index is -0.259. The predicted molar refractivity (Wildman–Crippen MR) is 94.6 cm³/mol. The van der Waals surface area contributed by atoms with Gasteiger partial charge in [0, 0.05) is 25.0 Å². The molecule has 0 unspecified atom stereocenters. The number of carbonyl (C=O) groups is 1. The van der Waals surface area contributed by atoms with Crippen LogP contribution in [0.5, 0.6) is 11.5 Å². The Bertz CT molecular complexity index is 702. The lowest BCUT2D eigenvalue weighted by Crippen LogP contribution is -2.33. The van der Waals surface area contributed by atoms with Gasteiger partial charge in [-0.15, -0.1) is 0 Å². The summed E-state index contributed by atoms with van der Waals surface area (Å²) >= 11 is 1.42. The molecule has 0 spiro atoms. The van der Waals surface area contributed by atoms with E-state index in [1.807, 2.05) is 49.9 Å². The molecule has 1 heterocycles. The Morgan fingerprint density at radius 1 is 1.29 bits per heavy atom. The predicted octanol–water partition coefficient (Wildman–Crippen LogP) is 2.80. The van der Waals surface area contributed by atoms with Crippen LogP contribution in [-0.4, -0.2) is 34.9 Å². The fraction of sp³-hybridized carbons (Fsp3) is 0.412. The average Bonchev–Trinajstić information content (AvgIpc) is 2.98. The van der Waals surface area contributed by atoms with Crippen LogP contribution in [0.4, 0.5) is 0 Å². The Labute approximate surface area is 146 Å². The zero-order chi connectivity index (χ0) is 17.7. The largest absolute Gasteiger partial charge is 0.497 e. The molecule has 0 aliphatic rings. The zero-order valence-corrected chi connectivity index (χ0v) is 15.4. The monoisotopic (exact) mass is 349 g/mol. The third-order valence-electron chi connectivity index (χ3n) is 3.69. The van der Waals surface area contributed by atoms with Gasteiger partial charge in [-0.2, -0.15) is 0 Å². The first-order valence-corrected chi connectivity index (χ1v) is 8.50. The van der Waals surface area contributed by atoms with Crippen LogP contribution in [0.15, 0.2) is 35.7 Å². The molecule has 0 saturated carbocycles. The first-order valence-electron chi connectivity index (χ1n) is 7.62. The first-order chi connectivity index (χ1) is 11.5. The molecule has 1 aromatic carbocycles. The van der Waals surface area contributed by atoms with Gasteiger partial charge in [-0.1, -0.05) is 11.8 Å². The normalized spacial score (nSPS) is 13.2. The fourth-order valence-electron chi connectivity index (χ4n) is 2.26. The van der Waals surface area contributed by atoms with Crippen molar-refractivity contribution in [3.63, 3.8) is 0 Å². The summed E-state index contributed by atoms with van der Waals surface area (Å²) in [6.45, 7) is 3.79. The van der Waals surface area contributed by atoms with Crippen LogP contribution in [-0.2, 0) is 11.8 Å². The Morgan fingerprint density at radius 3 is 2.62 bits per heavy atom. The highest BCUT2D eigenvalue weighted by Gasteiger charge is 2.21. The number of carbonyl (C=O) groups excluding carboxylic acids is 1. The molecule has 0 aliphatic carbocycles. The van der Waals surface area contributed by atoms with Crippen LogP contribution in [0.3, 0.4) is 0 Å². The van der Waals surface area contributed by atoms with Crippen molar-refractivity contribution < 1.29 is 14.3 Å². The summed E-state index contributed by atoms with van der Waals surface area (Å²) in [6.07, 6.45) is 3.58. The Kier molecular flexibility index (Phi) is 6.14. The van der Waals surface area contributed by atoms with Gasteiger partial charge >= 0.3 is 0 Å². The van der Waals surface area contributed by atoms with Crippen LogP contribution in [0, 0.1) is 0 Å².